The van der Waals surface area contributed by atoms with Crippen molar-refractivity contribution in [1.82, 2.24) is 24.7 Å². The maximum absolute atomic E-state index is 12.8. The Bertz CT molecular complexity index is 558. The predicted octanol–water partition coefficient (Wildman–Crippen LogP) is 1.20. The third-order valence-electron chi connectivity index (χ3n) is 3.78. The molecule has 1 aliphatic rings. The van der Waals surface area contributed by atoms with Crippen LogP contribution in [0.4, 0.5) is 10.3 Å². The zero-order chi connectivity index (χ0) is 13.9. The first-order valence-electron chi connectivity index (χ1n) is 6.78. The third kappa shape index (κ3) is 2.76. The van der Waals surface area contributed by atoms with Gasteiger partial charge in [0.15, 0.2) is 5.82 Å². The molecule has 1 aliphatic heterocycles. The summed E-state index contributed by atoms with van der Waals surface area (Å²) in [5.74, 6) is 1.85. The molecular formula is C13H17FN6. The van der Waals surface area contributed by atoms with Gasteiger partial charge in [-0.2, -0.15) is 0 Å². The molecule has 6 nitrogen and oxygen atoms in total. The number of piperidine rings is 1. The Morgan fingerprint density at radius 3 is 2.55 bits per heavy atom. The van der Waals surface area contributed by atoms with Crippen LogP contribution in [0.2, 0.25) is 0 Å². The fourth-order valence-corrected chi connectivity index (χ4v) is 2.56. The van der Waals surface area contributed by atoms with E-state index < -0.39 is 5.82 Å². The molecule has 0 radical (unpaired) electrons. The first-order valence-corrected chi connectivity index (χ1v) is 6.78. The molecule has 0 amide bonds. The molecule has 3 rings (SSSR count). The number of aryl methyl sites for hydroxylation is 1. The second-order valence-electron chi connectivity index (χ2n) is 5.19. The normalized spacial score (nSPS) is 16.6. The van der Waals surface area contributed by atoms with Crippen molar-refractivity contribution >= 4 is 5.95 Å². The minimum absolute atomic E-state index is 0.397. The van der Waals surface area contributed by atoms with Gasteiger partial charge in [-0.1, -0.05) is 0 Å². The summed E-state index contributed by atoms with van der Waals surface area (Å²) in [6, 6.07) is 0. The van der Waals surface area contributed by atoms with Crippen LogP contribution in [-0.4, -0.2) is 37.8 Å². The molecule has 106 valence electrons. The van der Waals surface area contributed by atoms with Crippen LogP contribution in [0.5, 0.6) is 0 Å². The molecule has 0 spiro atoms. The van der Waals surface area contributed by atoms with Crippen LogP contribution in [0.3, 0.4) is 0 Å². The number of nitrogens with zero attached hydrogens (tertiary/aromatic N) is 6. The van der Waals surface area contributed by atoms with Gasteiger partial charge in [0.05, 0.1) is 12.4 Å². The van der Waals surface area contributed by atoms with E-state index in [1.54, 1.807) is 6.33 Å². The molecule has 1 fully saturated rings. The SMILES string of the molecule is Cn1cnnc1CC1CCN(c2ncc(F)cn2)CC1. The molecule has 7 heteroatoms. The molecular weight excluding hydrogens is 259 g/mol. The average Bonchev–Trinajstić information content (AvgIpc) is 2.86. The van der Waals surface area contributed by atoms with Crippen LogP contribution in [0.15, 0.2) is 18.7 Å². The molecule has 0 N–H and O–H groups in total. The van der Waals surface area contributed by atoms with Gasteiger partial charge in [-0.3, -0.25) is 0 Å². The lowest BCUT2D eigenvalue weighted by atomic mass is 9.93. The standard InChI is InChI=1S/C13H17FN6/c1-19-9-17-18-12(19)6-10-2-4-20(5-3-10)13-15-7-11(14)8-16-13/h7-10H,2-6H2,1H3. The van der Waals surface area contributed by atoms with Crippen molar-refractivity contribution in [3.63, 3.8) is 0 Å². The van der Waals surface area contributed by atoms with Crippen LogP contribution in [0.1, 0.15) is 18.7 Å². The van der Waals surface area contributed by atoms with Crippen molar-refractivity contribution in [2.24, 2.45) is 13.0 Å². The van der Waals surface area contributed by atoms with Gasteiger partial charge in [0.25, 0.3) is 0 Å². The Morgan fingerprint density at radius 2 is 1.95 bits per heavy atom. The number of hydrogen-bond donors (Lipinski definition) is 0. The third-order valence-corrected chi connectivity index (χ3v) is 3.78. The summed E-state index contributed by atoms with van der Waals surface area (Å²) in [4.78, 5) is 10.2. The molecule has 0 bridgehead atoms. The van der Waals surface area contributed by atoms with Crippen LogP contribution in [-0.2, 0) is 13.5 Å². The number of aromatic nitrogens is 5. The highest BCUT2D eigenvalue weighted by atomic mass is 19.1. The Balaban J connectivity index is 1.57. The summed E-state index contributed by atoms with van der Waals surface area (Å²) >= 11 is 0. The van der Waals surface area contributed by atoms with Gasteiger partial charge >= 0.3 is 0 Å². The minimum Gasteiger partial charge on any atom is -0.341 e. The van der Waals surface area contributed by atoms with Gasteiger partial charge in [0.1, 0.15) is 12.2 Å². The van der Waals surface area contributed by atoms with Gasteiger partial charge in [0.2, 0.25) is 5.95 Å². The molecule has 0 unspecified atom stereocenters. The zero-order valence-electron chi connectivity index (χ0n) is 11.4. The lowest BCUT2D eigenvalue weighted by molar-refractivity contribution is 0.390. The summed E-state index contributed by atoms with van der Waals surface area (Å²) in [5, 5.41) is 8.03. The van der Waals surface area contributed by atoms with E-state index in [4.69, 9.17) is 0 Å². The quantitative estimate of drug-likeness (QED) is 0.843. The van der Waals surface area contributed by atoms with E-state index in [2.05, 4.69) is 25.1 Å². The van der Waals surface area contributed by atoms with Gasteiger partial charge in [0, 0.05) is 26.6 Å². The van der Waals surface area contributed by atoms with Crippen LogP contribution >= 0.6 is 0 Å². The molecule has 3 heterocycles. The number of anilines is 1. The van der Waals surface area contributed by atoms with Crippen molar-refractivity contribution in [3.05, 3.63) is 30.4 Å². The monoisotopic (exact) mass is 276 g/mol. The zero-order valence-corrected chi connectivity index (χ0v) is 11.4. The van der Waals surface area contributed by atoms with E-state index in [9.17, 15) is 4.39 Å². The predicted molar refractivity (Wildman–Crippen MR) is 71.6 cm³/mol. The minimum atomic E-state index is -0.397. The smallest absolute Gasteiger partial charge is 0.225 e. The second-order valence-corrected chi connectivity index (χ2v) is 5.19. The molecule has 1 saturated heterocycles. The van der Waals surface area contributed by atoms with E-state index in [0.29, 0.717) is 11.9 Å². The molecule has 0 saturated carbocycles. The largest absolute Gasteiger partial charge is 0.341 e. The maximum atomic E-state index is 12.8. The highest BCUT2D eigenvalue weighted by molar-refractivity contribution is 5.29. The fourth-order valence-electron chi connectivity index (χ4n) is 2.56. The van der Waals surface area contributed by atoms with Crippen LogP contribution < -0.4 is 4.90 Å². The topological polar surface area (TPSA) is 59.7 Å². The number of hydrogen-bond acceptors (Lipinski definition) is 5. The van der Waals surface area contributed by atoms with Crippen LogP contribution in [0.25, 0.3) is 0 Å². The van der Waals surface area contributed by atoms with E-state index in [0.717, 1.165) is 38.2 Å². The first kappa shape index (κ1) is 13.0. The van der Waals surface area contributed by atoms with Gasteiger partial charge < -0.3 is 9.47 Å². The maximum Gasteiger partial charge on any atom is 0.225 e. The lowest BCUT2D eigenvalue weighted by Crippen LogP contribution is -2.35. The highest BCUT2D eigenvalue weighted by Crippen LogP contribution is 2.22. The summed E-state index contributed by atoms with van der Waals surface area (Å²) in [6.45, 7) is 1.79. The van der Waals surface area contributed by atoms with Crippen molar-refractivity contribution in [3.8, 4) is 0 Å². The lowest BCUT2D eigenvalue weighted by Gasteiger charge is -2.31. The Hall–Kier alpha value is -2.05. The average molecular weight is 276 g/mol. The molecule has 0 aliphatic carbocycles. The van der Waals surface area contributed by atoms with Crippen molar-refractivity contribution < 1.29 is 4.39 Å². The molecule has 0 atom stereocenters. The van der Waals surface area contributed by atoms with Crippen molar-refractivity contribution in [2.75, 3.05) is 18.0 Å². The molecule has 20 heavy (non-hydrogen) atoms. The summed E-state index contributed by atoms with van der Waals surface area (Å²) in [6.07, 6.45) is 7.24. The summed E-state index contributed by atoms with van der Waals surface area (Å²) in [7, 11) is 1.97. The Kier molecular flexibility index (Phi) is 3.58. The summed E-state index contributed by atoms with van der Waals surface area (Å²) < 4.78 is 14.8. The summed E-state index contributed by atoms with van der Waals surface area (Å²) in [5.41, 5.74) is 0. The number of rotatable bonds is 3. The van der Waals surface area contributed by atoms with Gasteiger partial charge in [-0.15, -0.1) is 10.2 Å². The first-order chi connectivity index (χ1) is 9.72. The molecule has 2 aromatic heterocycles. The Labute approximate surface area is 116 Å². The van der Waals surface area contributed by atoms with Gasteiger partial charge in [-0.05, 0) is 18.8 Å². The number of halogens is 1. The van der Waals surface area contributed by atoms with Crippen molar-refractivity contribution in [2.45, 2.75) is 19.3 Å². The van der Waals surface area contributed by atoms with E-state index in [1.165, 1.54) is 12.4 Å². The van der Waals surface area contributed by atoms with Crippen LogP contribution in [0, 0.1) is 11.7 Å². The molecule has 2 aromatic rings. The van der Waals surface area contributed by atoms with Gasteiger partial charge in [-0.25, -0.2) is 14.4 Å². The highest BCUT2D eigenvalue weighted by Gasteiger charge is 2.22. The fraction of sp³-hybridized carbons (Fsp3) is 0.538. The second kappa shape index (κ2) is 5.52. The van der Waals surface area contributed by atoms with E-state index in [1.807, 2.05) is 11.6 Å². The molecule has 0 aromatic carbocycles. The van der Waals surface area contributed by atoms with Crippen molar-refractivity contribution in [1.29, 1.82) is 0 Å². The Morgan fingerprint density at radius 1 is 1.25 bits per heavy atom. The van der Waals surface area contributed by atoms with E-state index >= 15 is 0 Å². The van der Waals surface area contributed by atoms with E-state index in [-0.39, 0.29) is 0 Å².